The molecule has 2 rings (SSSR count). The van der Waals surface area contributed by atoms with E-state index in [0.717, 1.165) is 12.1 Å². The summed E-state index contributed by atoms with van der Waals surface area (Å²) in [5.41, 5.74) is 0.951. The van der Waals surface area contributed by atoms with Crippen molar-refractivity contribution in [3.05, 3.63) is 30.9 Å². The Kier molecular flexibility index (Phi) is 9.05. The average Bonchev–Trinajstić information content (AvgIpc) is 3.18. The number of aromatic nitrogens is 2. The number of nitrogens with zero attached hydrogens (tertiary/aromatic N) is 1. The van der Waals surface area contributed by atoms with Crippen molar-refractivity contribution in [2.75, 3.05) is 6.54 Å². The Morgan fingerprint density at radius 3 is 2.74 bits per heavy atom. The predicted octanol–water partition coefficient (Wildman–Crippen LogP) is 3.86. The zero-order valence-electron chi connectivity index (χ0n) is 17.0. The number of nitrogens with one attached hydrogen (secondary N) is 2. The van der Waals surface area contributed by atoms with Crippen LogP contribution >= 0.6 is 0 Å². The highest BCUT2D eigenvalue weighted by atomic mass is 16.3. The van der Waals surface area contributed by atoms with Crippen LogP contribution in [-0.2, 0) is 11.2 Å². The Bertz CT molecular complexity index is 550. The van der Waals surface area contributed by atoms with Crippen LogP contribution in [0.2, 0.25) is 0 Å². The monoisotopic (exact) mass is 375 g/mol. The number of aliphatic hydroxyl groups excluding tert-OH is 1. The van der Waals surface area contributed by atoms with Gasteiger partial charge in [0.25, 0.3) is 0 Å². The fourth-order valence-corrected chi connectivity index (χ4v) is 4.45. The highest BCUT2D eigenvalue weighted by molar-refractivity contribution is 5.76. The van der Waals surface area contributed by atoms with Crippen LogP contribution in [-0.4, -0.2) is 33.6 Å². The van der Waals surface area contributed by atoms with Gasteiger partial charge in [-0.05, 0) is 36.5 Å². The Morgan fingerprint density at radius 2 is 2.15 bits per heavy atom. The van der Waals surface area contributed by atoms with Gasteiger partial charge in [-0.3, -0.25) is 4.79 Å². The largest absolute Gasteiger partial charge is 0.391 e. The molecule has 1 aromatic rings. The van der Waals surface area contributed by atoms with E-state index >= 15 is 0 Å². The number of hydrogen-bond donors (Lipinski definition) is 3. The number of amides is 1. The first-order valence-corrected chi connectivity index (χ1v) is 10.6. The highest BCUT2D eigenvalue weighted by Crippen LogP contribution is 2.36. The summed E-state index contributed by atoms with van der Waals surface area (Å²) in [6, 6.07) is 0. The van der Waals surface area contributed by atoms with Crippen molar-refractivity contribution in [3.63, 3.8) is 0 Å². The van der Waals surface area contributed by atoms with E-state index in [9.17, 15) is 9.90 Å². The zero-order valence-corrected chi connectivity index (χ0v) is 17.0. The van der Waals surface area contributed by atoms with Gasteiger partial charge in [0.1, 0.15) is 0 Å². The number of aliphatic hydroxyl groups is 1. The number of carbonyl (C=O) groups excluding carboxylic acids is 1. The first-order valence-electron chi connectivity index (χ1n) is 10.6. The Morgan fingerprint density at radius 1 is 1.41 bits per heavy atom. The summed E-state index contributed by atoms with van der Waals surface area (Å²) in [5.74, 6) is 1.51. The summed E-state index contributed by atoms with van der Waals surface area (Å²) in [7, 11) is 0. The van der Waals surface area contributed by atoms with Crippen LogP contribution < -0.4 is 5.32 Å². The number of imidazole rings is 1. The van der Waals surface area contributed by atoms with Gasteiger partial charge in [-0.15, -0.1) is 6.58 Å². The second-order valence-electron chi connectivity index (χ2n) is 8.41. The number of aromatic amines is 1. The fraction of sp³-hybridized carbons (Fsp3) is 0.727. The standard InChI is InChI=1S/C22H37N3O2/c1-4-19(16(2)3)20(12-17-8-6-5-7-9-17)21(26)14-24-22(27)11-10-18-13-23-15-25-18/h4,13,15-17,19-21,26H,1,5-12,14H2,2-3H3,(H,23,25)(H,24,27)/t19-,20+,21-/m1/s1. The van der Waals surface area contributed by atoms with Gasteiger partial charge in [0.05, 0.1) is 12.4 Å². The molecule has 3 N–H and O–H groups in total. The first-order chi connectivity index (χ1) is 13.0. The van der Waals surface area contributed by atoms with E-state index in [4.69, 9.17) is 0 Å². The number of carbonyl (C=O) groups is 1. The van der Waals surface area contributed by atoms with E-state index in [0.29, 0.717) is 31.2 Å². The van der Waals surface area contributed by atoms with E-state index in [1.807, 2.05) is 6.08 Å². The van der Waals surface area contributed by atoms with E-state index < -0.39 is 6.10 Å². The van der Waals surface area contributed by atoms with Gasteiger partial charge >= 0.3 is 0 Å². The van der Waals surface area contributed by atoms with Crippen LogP contribution in [0, 0.1) is 23.7 Å². The summed E-state index contributed by atoms with van der Waals surface area (Å²) in [5, 5.41) is 13.8. The summed E-state index contributed by atoms with van der Waals surface area (Å²) < 4.78 is 0. The lowest BCUT2D eigenvalue weighted by Gasteiger charge is -2.35. The molecule has 0 unspecified atom stereocenters. The molecule has 1 amide bonds. The maximum absolute atomic E-state index is 12.2. The summed E-state index contributed by atoms with van der Waals surface area (Å²) in [6.07, 6.45) is 13.4. The predicted molar refractivity (Wildman–Crippen MR) is 109 cm³/mol. The second kappa shape index (κ2) is 11.3. The molecule has 0 aliphatic heterocycles. The molecule has 1 aromatic heterocycles. The molecule has 1 saturated carbocycles. The van der Waals surface area contributed by atoms with Crippen LogP contribution in [0.5, 0.6) is 0 Å². The van der Waals surface area contributed by atoms with Crippen molar-refractivity contribution in [1.29, 1.82) is 0 Å². The lowest BCUT2D eigenvalue weighted by molar-refractivity contribution is -0.121. The van der Waals surface area contributed by atoms with Crippen LogP contribution in [0.3, 0.4) is 0 Å². The molecule has 0 radical (unpaired) electrons. The molecule has 1 aliphatic rings. The van der Waals surface area contributed by atoms with Crippen molar-refractivity contribution in [1.82, 2.24) is 15.3 Å². The van der Waals surface area contributed by atoms with Gasteiger partial charge in [0.15, 0.2) is 0 Å². The number of hydrogen-bond acceptors (Lipinski definition) is 3. The SMILES string of the molecule is C=C[C@H](C(C)C)[C@H](CC1CCCCC1)[C@H](O)CNC(=O)CCc1cnc[nH]1. The quantitative estimate of drug-likeness (QED) is 0.514. The van der Waals surface area contributed by atoms with Gasteiger partial charge in [-0.2, -0.15) is 0 Å². The molecule has 5 nitrogen and oxygen atoms in total. The summed E-state index contributed by atoms with van der Waals surface area (Å²) >= 11 is 0. The molecule has 1 heterocycles. The van der Waals surface area contributed by atoms with Crippen molar-refractivity contribution < 1.29 is 9.90 Å². The molecule has 27 heavy (non-hydrogen) atoms. The topological polar surface area (TPSA) is 78.0 Å². The minimum absolute atomic E-state index is 0.0280. The number of H-pyrrole nitrogens is 1. The molecule has 0 spiro atoms. The van der Waals surface area contributed by atoms with E-state index in [1.165, 1.54) is 32.1 Å². The second-order valence-corrected chi connectivity index (χ2v) is 8.41. The average molecular weight is 376 g/mol. The molecule has 0 saturated heterocycles. The molecule has 0 aromatic carbocycles. The van der Waals surface area contributed by atoms with Crippen LogP contribution in [0.1, 0.15) is 64.5 Å². The smallest absolute Gasteiger partial charge is 0.220 e. The minimum Gasteiger partial charge on any atom is -0.391 e. The van der Waals surface area contributed by atoms with Crippen LogP contribution in [0.4, 0.5) is 0 Å². The third kappa shape index (κ3) is 7.13. The molecule has 5 heteroatoms. The molecule has 152 valence electrons. The van der Waals surface area contributed by atoms with Crippen molar-refractivity contribution in [2.24, 2.45) is 23.7 Å². The third-order valence-corrected chi connectivity index (χ3v) is 6.05. The van der Waals surface area contributed by atoms with Gasteiger partial charge in [-0.1, -0.05) is 52.0 Å². The molecular formula is C22H37N3O2. The lowest BCUT2D eigenvalue weighted by Crippen LogP contribution is -2.40. The lowest BCUT2D eigenvalue weighted by atomic mass is 9.72. The van der Waals surface area contributed by atoms with E-state index in [1.54, 1.807) is 12.5 Å². The normalized spacial score (nSPS) is 18.8. The molecule has 1 aliphatic carbocycles. The van der Waals surface area contributed by atoms with Crippen LogP contribution in [0.15, 0.2) is 25.2 Å². The fourth-order valence-electron chi connectivity index (χ4n) is 4.45. The summed E-state index contributed by atoms with van der Waals surface area (Å²) in [6.45, 7) is 8.72. The zero-order chi connectivity index (χ0) is 19.6. The van der Waals surface area contributed by atoms with Crippen molar-refractivity contribution >= 4 is 5.91 Å². The van der Waals surface area contributed by atoms with Gasteiger partial charge in [0, 0.05) is 24.9 Å². The highest BCUT2D eigenvalue weighted by Gasteiger charge is 2.31. The van der Waals surface area contributed by atoms with Gasteiger partial charge in [0.2, 0.25) is 5.91 Å². The Labute approximate surface area is 164 Å². The summed E-state index contributed by atoms with van der Waals surface area (Å²) in [4.78, 5) is 19.1. The van der Waals surface area contributed by atoms with Gasteiger partial charge in [-0.25, -0.2) is 4.98 Å². The van der Waals surface area contributed by atoms with Crippen molar-refractivity contribution in [3.8, 4) is 0 Å². The maximum atomic E-state index is 12.2. The molecule has 1 fully saturated rings. The molecule has 3 atom stereocenters. The van der Waals surface area contributed by atoms with Gasteiger partial charge < -0.3 is 15.4 Å². The third-order valence-electron chi connectivity index (χ3n) is 6.05. The first kappa shape index (κ1) is 21.7. The van der Waals surface area contributed by atoms with E-state index in [-0.39, 0.29) is 17.7 Å². The van der Waals surface area contributed by atoms with E-state index in [2.05, 4.69) is 35.7 Å². The minimum atomic E-state index is -0.534. The molecule has 0 bridgehead atoms. The molecular weight excluding hydrogens is 338 g/mol. The Balaban J connectivity index is 1.87. The van der Waals surface area contributed by atoms with Crippen molar-refractivity contribution in [2.45, 2.75) is 71.3 Å². The number of allylic oxidation sites excluding steroid dienone is 1. The Hall–Kier alpha value is -1.62. The maximum Gasteiger partial charge on any atom is 0.220 e. The number of aryl methyl sites for hydroxylation is 1. The number of rotatable bonds is 11. The van der Waals surface area contributed by atoms with Crippen LogP contribution in [0.25, 0.3) is 0 Å².